The number of hydrogen-bond donors (Lipinski definition) is 0. The van der Waals surface area contributed by atoms with Gasteiger partial charge < -0.3 is 4.74 Å². The van der Waals surface area contributed by atoms with Crippen molar-refractivity contribution in [2.45, 2.75) is 6.61 Å². The third-order valence-corrected chi connectivity index (χ3v) is 3.40. The summed E-state index contributed by atoms with van der Waals surface area (Å²) in [5.74, 6) is 0.572. The predicted octanol–water partition coefficient (Wildman–Crippen LogP) is 3.69. The summed E-state index contributed by atoms with van der Waals surface area (Å²) in [6.07, 6.45) is 0. The Morgan fingerprint density at radius 2 is 1.67 bits per heavy atom. The molecule has 8 heteroatoms. The van der Waals surface area contributed by atoms with Gasteiger partial charge in [0.05, 0.1) is 21.5 Å². The van der Waals surface area contributed by atoms with Crippen LogP contribution in [0.2, 0.25) is 0 Å². The molecule has 2 rings (SSSR count). The van der Waals surface area contributed by atoms with Gasteiger partial charge in [0.25, 0.3) is 11.4 Å². The Bertz CT molecular complexity index is 687. The monoisotopic (exact) mass is 400 g/mol. The molecule has 0 N–H and O–H groups in total. The van der Waals surface area contributed by atoms with Crippen LogP contribution in [-0.4, -0.2) is 9.85 Å². The molecule has 2 aromatic carbocycles. The molecule has 0 bridgehead atoms. The minimum Gasteiger partial charge on any atom is -0.489 e. The van der Waals surface area contributed by atoms with Crippen LogP contribution in [0.15, 0.2) is 42.5 Å². The predicted molar refractivity (Wildman–Crippen MR) is 83.2 cm³/mol. The normalized spacial score (nSPS) is 10.1. The molecule has 0 aliphatic carbocycles. The Kier molecular flexibility index (Phi) is 4.68. The van der Waals surface area contributed by atoms with Crippen molar-refractivity contribution in [3.8, 4) is 5.75 Å². The van der Waals surface area contributed by atoms with E-state index in [0.717, 1.165) is 9.64 Å². The summed E-state index contributed by atoms with van der Waals surface area (Å²) in [7, 11) is 0. The van der Waals surface area contributed by atoms with E-state index >= 15 is 0 Å². The van der Waals surface area contributed by atoms with Gasteiger partial charge in [-0.2, -0.15) is 0 Å². The summed E-state index contributed by atoms with van der Waals surface area (Å²) in [5, 5.41) is 21.6. The first kappa shape index (κ1) is 15.2. The average Bonchev–Trinajstić information content (AvgIpc) is 2.46. The second kappa shape index (κ2) is 6.48. The minimum atomic E-state index is -0.670. The first-order valence-corrected chi connectivity index (χ1v) is 6.85. The third-order valence-electron chi connectivity index (χ3n) is 2.68. The lowest BCUT2D eigenvalue weighted by Gasteiger charge is -2.07. The molecule has 0 aliphatic heterocycles. The largest absolute Gasteiger partial charge is 0.489 e. The topological polar surface area (TPSA) is 95.5 Å². The Morgan fingerprint density at radius 1 is 1.00 bits per heavy atom. The van der Waals surface area contributed by atoms with Crippen LogP contribution in [-0.2, 0) is 6.61 Å². The molecule has 21 heavy (non-hydrogen) atoms. The average molecular weight is 400 g/mol. The smallest absolute Gasteiger partial charge is 0.282 e. The van der Waals surface area contributed by atoms with Gasteiger partial charge in [-0.1, -0.05) is 0 Å². The molecule has 0 spiro atoms. The summed E-state index contributed by atoms with van der Waals surface area (Å²) >= 11 is 2.15. The fourth-order valence-electron chi connectivity index (χ4n) is 1.65. The minimum absolute atomic E-state index is 0.0328. The first-order chi connectivity index (χ1) is 9.97. The quantitative estimate of drug-likeness (QED) is 0.434. The highest BCUT2D eigenvalue weighted by atomic mass is 127. The molecule has 0 aliphatic rings. The lowest BCUT2D eigenvalue weighted by molar-refractivity contribution is -0.394. The number of ether oxygens (including phenoxy) is 1. The van der Waals surface area contributed by atoms with Gasteiger partial charge >= 0.3 is 0 Å². The molecule has 0 heterocycles. The number of non-ortho nitro benzene ring substituents is 1. The van der Waals surface area contributed by atoms with Gasteiger partial charge in [-0.3, -0.25) is 20.2 Å². The van der Waals surface area contributed by atoms with E-state index in [0.29, 0.717) is 5.75 Å². The molecule has 0 amide bonds. The van der Waals surface area contributed by atoms with Crippen molar-refractivity contribution in [1.29, 1.82) is 0 Å². The number of rotatable bonds is 5. The molecular weight excluding hydrogens is 391 g/mol. The van der Waals surface area contributed by atoms with Crippen molar-refractivity contribution in [2.24, 2.45) is 0 Å². The molecule has 2 aromatic rings. The maximum absolute atomic E-state index is 11.0. The first-order valence-electron chi connectivity index (χ1n) is 5.77. The van der Waals surface area contributed by atoms with Gasteiger partial charge in [0, 0.05) is 9.64 Å². The second-order valence-corrected chi connectivity index (χ2v) is 5.32. The molecule has 0 aromatic heterocycles. The number of nitro benzene ring substituents is 2. The lowest BCUT2D eigenvalue weighted by atomic mass is 10.1. The van der Waals surface area contributed by atoms with Gasteiger partial charge in [0.1, 0.15) is 12.4 Å². The summed E-state index contributed by atoms with van der Waals surface area (Å²) in [5.41, 5.74) is -0.362. The molecule has 0 unspecified atom stereocenters. The molecule has 0 radical (unpaired) electrons. The van der Waals surface area contributed by atoms with E-state index in [2.05, 4.69) is 22.6 Å². The van der Waals surface area contributed by atoms with Gasteiger partial charge in [-0.25, -0.2) is 0 Å². The van der Waals surface area contributed by atoms with Gasteiger partial charge in [-0.05, 0) is 52.9 Å². The van der Waals surface area contributed by atoms with E-state index in [9.17, 15) is 20.2 Å². The number of nitrogens with zero attached hydrogens (tertiary/aromatic N) is 2. The fourth-order valence-corrected chi connectivity index (χ4v) is 2.01. The zero-order chi connectivity index (χ0) is 15.4. The highest BCUT2D eigenvalue weighted by molar-refractivity contribution is 14.1. The maximum Gasteiger partial charge on any atom is 0.282 e. The van der Waals surface area contributed by atoms with Crippen molar-refractivity contribution in [2.75, 3.05) is 0 Å². The molecule has 0 saturated heterocycles. The molecule has 108 valence electrons. The Balaban J connectivity index is 2.21. The number of hydrogen-bond acceptors (Lipinski definition) is 5. The summed E-state index contributed by atoms with van der Waals surface area (Å²) in [6, 6.07) is 10.7. The van der Waals surface area contributed by atoms with Crippen molar-refractivity contribution in [3.05, 3.63) is 71.8 Å². The van der Waals surface area contributed by atoms with E-state index in [-0.39, 0.29) is 23.5 Å². The zero-order valence-corrected chi connectivity index (χ0v) is 12.7. The van der Waals surface area contributed by atoms with Gasteiger partial charge in [-0.15, -0.1) is 0 Å². The fraction of sp³-hybridized carbons (Fsp3) is 0.0769. The Morgan fingerprint density at radius 3 is 2.24 bits per heavy atom. The highest BCUT2D eigenvalue weighted by Crippen LogP contribution is 2.26. The van der Waals surface area contributed by atoms with Crippen molar-refractivity contribution in [1.82, 2.24) is 0 Å². The Labute approximate surface area is 133 Å². The molecule has 0 fully saturated rings. The van der Waals surface area contributed by atoms with Crippen LogP contribution >= 0.6 is 22.6 Å². The van der Waals surface area contributed by atoms with Crippen LogP contribution in [0.25, 0.3) is 0 Å². The SMILES string of the molecule is O=[N+]([O-])c1ccc(COc2ccc(I)cc2)c([N+](=O)[O-])c1. The van der Waals surface area contributed by atoms with Gasteiger partial charge in [0.2, 0.25) is 0 Å². The third kappa shape index (κ3) is 3.88. The van der Waals surface area contributed by atoms with Crippen LogP contribution in [0, 0.1) is 23.8 Å². The van der Waals surface area contributed by atoms with Crippen LogP contribution in [0.3, 0.4) is 0 Å². The van der Waals surface area contributed by atoms with Crippen molar-refractivity contribution >= 4 is 34.0 Å². The Hall–Kier alpha value is -2.23. The van der Waals surface area contributed by atoms with E-state index in [4.69, 9.17) is 4.74 Å². The highest BCUT2D eigenvalue weighted by Gasteiger charge is 2.19. The maximum atomic E-state index is 11.0. The molecule has 0 saturated carbocycles. The molecule has 0 atom stereocenters. The summed E-state index contributed by atoms with van der Waals surface area (Å²) in [4.78, 5) is 20.3. The van der Waals surface area contributed by atoms with Crippen LogP contribution in [0.1, 0.15) is 5.56 Å². The summed E-state index contributed by atoms with van der Waals surface area (Å²) in [6.45, 7) is -0.0328. The number of nitro groups is 2. The standard InChI is InChI=1S/C13H9IN2O5/c14-10-2-5-12(6-3-10)21-8-9-1-4-11(15(17)18)7-13(9)16(19)20/h1-7H,8H2. The van der Waals surface area contributed by atoms with E-state index < -0.39 is 9.85 Å². The second-order valence-electron chi connectivity index (χ2n) is 4.07. The van der Waals surface area contributed by atoms with Crippen LogP contribution in [0.4, 0.5) is 11.4 Å². The molecular formula is C13H9IN2O5. The van der Waals surface area contributed by atoms with E-state index in [1.54, 1.807) is 12.1 Å². The molecule has 7 nitrogen and oxygen atoms in total. The lowest BCUT2D eigenvalue weighted by Crippen LogP contribution is -2.01. The van der Waals surface area contributed by atoms with E-state index in [1.807, 2.05) is 12.1 Å². The van der Waals surface area contributed by atoms with Crippen molar-refractivity contribution in [3.63, 3.8) is 0 Å². The van der Waals surface area contributed by atoms with Crippen LogP contribution in [0.5, 0.6) is 5.75 Å². The van der Waals surface area contributed by atoms with Gasteiger partial charge in [0.15, 0.2) is 0 Å². The number of benzene rings is 2. The summed E-state index contributed by atoms with van der Waals surface area (Å²) < 4.78 is 6.50. The van der Waals surface area contributed by atoms with E-state index in [1.165, 1.54) is 12.1 Å². The van der Waals surface area contributed by atoms with Crippen LogP contribution < -0.4 is 4.74 Å². The zero-order valence-electron chi connectivity index (χ0n) is 10.6. The number of halogens is 1. The van der Waals surface area contributed by atoms with Crippen molar-refractivity contribution < 1.29 is 14.6 Å².